The van der Waals surface area contributed by atoms with Crippen molar-refractivity contribution >= 4 is 50.7 Å². The molecular formula is C40H44BrCl3F2O5. The summed E-state index contributed by atoms with van der Waals surface area (Å²) in [6.45, 7) is 2.68. The van der Waals surface area contributed by atoms with Crippen LogP contribution in [0.5, 0.6) is 0 Å². The van der Waals surface area contributed by atoms with E-state index >= 15 is 0 Å². The molecule has 5 aromatic rings. The summed E-state index contributed by atoms with van der Waals surface area (Å²) >= 11 is 20.7. The molecule has 0 unspecified atom stereocenters. The molecule has 5 rings (SSSR count). The maximum absolute atomic E-state index is 12.7. The van der Waals surface area contributed by atoms with Gasteiger partial charge in [-0.2, -0.15) is 0 Å². The highest BCUT2D eigenvalue weighted by Gasteiger charge is 2.02. The summed E-state index contributed by atoms with van der Waals surface area (Å²) in [7, 11) is 8.14. The van der Waals surface area contributed by atoms with Gasteiger partial charge in [-0.3, -0.25) is 0 Å². The van der Waals surface area contributed by atoms with Crippen molar-refractivity contribution in [3.8, 4) is 0 Å². The first-order valence-corrected chi connectivity index (χ1v) is 17.3. The van der Waals surface area contributed by atoms with Crippen LogP contribution in [0.4, 0.5) is 8.78 Å². The van der Waals surface area contributed by atoms with E-state index in [1.54, 1.807) is 40.6 Å². The van der Waals surface area contributed by atoms with Crippen molar-refractivity contribution in [1.29, 1.82) is 0 Å². The number of rotatable bonds is 10. The topological polar surface area (TPSA) is 46.2 Å². The lowest BCUT2D eigenvalue weighted by Crippen LogP contribution is -1.92. The molecule has 5 aromatic carbocycles. The van der Waals surface area contributed by atoms with E-state index in [0.29, 0.717) is 42.0 Å². The van der Waals surface area contributed by atoms with Crippen LogP contribution in [-0.2, 0) is 56.7 Å². The largest absolute Gasteiger partial charge is 0.380 e. The number of methoxy groups -OCH3 is 5. The number of halogens is 6. The highest BCUT2D eigenvalue weighted by Crippen LogP contribution is 2.21. The number of benzene rings is 5. The molecule has 51 heavy (non-hydrogen) atoms. The molecule has 0 saturated carbocycles. The maximum Gasteiger partial charge on any atom is 0.131 e. The number of ether oxygens (including phenoxy) is 5. The smallest absolute Gasteiger partial charge is 0.131 e. The zero-order valence-corrected chi connectivity index (χ0v) is 33.2. The number of hydrogen-bond acceptors (Lipinski definition) is 5. The fourth-order valence-electron chi connectivity index (χ4n) is 3.85. The zero-order chi connectivity index (χ0) is 37.9. The minimum atomic E-state index is -0.567. The molecule has 0 aliphatic carbocycles. The fraction of sp³-hybridized carbons (Fsp3) is 0.250. The van der Waals surface area contributed by atoms with Crippen LogP contribution in [0.2, 0.25) is 15.1 Å². The van der Waals surface area contributed by atoms with Crippen molar-refractivity contribution in [1.82, 2.24) is 0 Å². The van der Waals surface area contributed by atoms with Gasteiger partial charge in [0.25, 0.3) is 0 Å². The van der Waals surface area contributed by atoms with Crippen LogP contribution in [-0.4, -0.2) is 35.5 Å². The van der Waals surface area contributed by atoms with E-state index in [9.17, 15) is 8.78 Å². The predicted octanol–water partition coefficient (Wildman–Crippen LogP) is 12.2. The van der Waals surface area contributed by atoms with Gasteiger partial charge in [0, 0.05) is 66.7 Å². The Morgan fingerprint density at radius 3 is 1.45 bits per heavy atom. The molecule has 5 nitrogen and oxygen atoms in total. The Balaban J connectivity index is 0.000000319. The third-order valence-electron chi connectivity index (χ3n) is 6.27. The molecule has 0 N–H and O–H groups in total. The van der Waals surface area contributed by atoms with Crippen molar-refractivity contribution in [2.45, 2.75) is 33.0 Å². The molecule has 0 atom stereocenters. The van der Waals surface area contributed by atoms with Crippen LogP contribution in [0.1, 0.15) is 27.8 Å². The average molecular weight is 829 g/mol. The number of hydrogen-bond donors (Lipinski definition) is 0. The van der Waals surface area contributed by atoms with E-state index < -0.39 is 11.6 Å². The van der Waals surface area contributed by atoms with Gasteiger partial charge in [-0.1, -0.05) is 124 Å². The molecule has 0 aliphatic heterocycles. The van der Waals surface area contributed by atoms with Crippen molar-refractivity contribution in [3.05, 3.63) is 174 Å². The van der Waals surface area contributed by atoms with Crippen LogP contribution in [0.3, 0.4) is 0 Å². The molecule has 0 radical (unpaired) electrons. The standard InChI is InChI=1S/C8H9BrO.C8H8Cl2O.C8H9ClO.C8H8F2O.C8H10O/c1-10-6-7-2-4-8(9)5-3-7;1-11-5-6-2-3-7(9)4-8(6)10;1-10-6-7-4-2-3-5-8(7)9;1-11-5-6-2-3-7(9)4-8(6)10;1-9-7-8-5-3-2-4-6-8/h2-5H,6H2,1H3;2-4H,5H2,1H3;2-5H,6H2,1H3;2-4H,5H2,1H3;2-6H,7H2,1H3. The molecule has 11 heteroatoms. The highest BCUT2D eigenvalue weighted by molar-refractivity contribution is 9.10. The summed E-state index contributed by atoms with van der Waals surface area (Å²) in [6.07, 6.45) is 0. The average Bonchev–Trinajstić information content (AvgIpc) is 3.12. The first kappa shape index (κ1) is 46.1. The molecule has 0 aliphatic rings. The van der Waals surface area contributed by atoms with Gasteiger partial charge < -0.3 is 23.7 Å². The van der Waals surface area contributed by atoms with E-state index in [-0.39, 0.29) is 6.61 Å². The maximum atomic E-state index is 12.7. The van der Waals surface area contributed by atoms with Gasteiger partial charge in [-0.05, 0) is 58.7 Å². The SMILES string of the molecule is COCc1ccc(Br)cc1.COCc1ccc(Cl)cc1Cl.COCc1ccc(F)cc1F.COCc1ccccc1.COCc1ccccc1Cl. The quantitative estimate of drug-likeness (QED) is 0.140. The Labute approximate surface area is 324 Å². The minimum absolute atomic E-state index is 0.173. The Morgan fingerprint density at radius 1 is 0.471 bits per heavy atom. The van der Waals surface area contributed by atoms with Crippen LogP contribution >= 0.6 is 50.7 Å². The Bertz CT molecular complexity index is 1580. The molecule has 276 valence electrons. The van der Waals surface area contributed by atoms with Crippen LogP contribution < -0.4 is 0 Å². The van der Waals surface area contributed by atoms with Crippen molar-refractivity contribution in [2.24, 2.45) is 0 Å². The summed E-state index contributed by atoms with van der Waals surface area (Å²) in [5, 5.41) is 2.07. The summed E-state index contributed by atoms with van der Waals surface area (Å²) in [5.74, 6) is -1.13. The van der Waals surface area contributed by atoms with E-state index in [2.05, 4.69) is 20.7 Å². The third-order valence-corrected chi connectivity index (χ3v) is 7.75. The van der Waals surface area contributed by atoms with Gasteiger partial charge in [-0.25, -0.2) is 8.78 Å². The van der Waals surface area contributed by atoms with Crippen molar-refractivity contribution in [3.63, 3.8) is 0 Å². The molecule has 0 bridgehead atoms. The summed E-state index contributed by atoms with van der Waals surface area (Å²) in [4.78, 5) is 0. The zero-order valence-electron chi connectivity index (χ0n) is 29.3. The first-order chi connectivity index (χ1) is 24.6. The lowest BCUT2D eigenvalue weighted by atomic mass is 10.2. The lowest BCUT2D eigenvalue weighted by molar-refractivity contribution is 0.181. The first-order valence-electron chi connectivity index (χ1n) is 15.4. The van der Waals surface area contributed by atoms with E-state index in [4.69, 9.17) is 53.8 Å². The van der Waals surface area contributed by atoms with E-state index in [0.717, 1.165) is 26.7 Å². The Hall–Kier alpha value is -2.89. The molecule has 0 fully saturated rings. The van der Waals surface area contributed by atoms with Crippen molar-refractivity contribution in [2.75, 3.05) is 35.5 Å². The molecule has 0 aromatic heterocycles. The normalized spacial score (nSPS) is 9.86. The summed E-state index contributed by atoms with van der Waals surface area (Å²) in [5.41, 5.74) is 4.78. The van der Waals surface area contributed by atoms with Crippen LogP contribution in [0.25, 0.3) is 0 Å². The lowest BCUT2D eigenvalue weighted by Gasteiger charge is -2.01. The van der Waals surface area contributed by atoms with Crippen molar-refractivity contribution < 1.29 is 32.5 Å². The second kappa shape index (κ2) is 28.7. The highest BCUT2D eigenvalue weighted by atomic mass is 79.9. The molecule has 0 saturated heterocycles. The predicted molar refractivity (Wildman–Crippen MR) is 208 cm³/mol. The monoisotopic (exact) mass is 826 g/mol. The van der Waals surface area contributed by atoms with E-state index in [1.165, 1.54) is 30.4 Å². The Morgan fingerprint density at radius 2 is 0.941 bits per heavy atom. The third kappa shape index (κ3) is 21.3. The van der Waals surface area contributed by atoms with Crippen LogP contribution in [0.15, 0.2) is 120 Å². The minimum Gasteiger partial charge on any atom is -0.380 e. The summed E-state index contributed by atoms with van der Waals surface area (Å²) < 4.78 is 50.5. The fourth-order valence-corrected chi connectivity index (χ4v) is 4.77. The Kier molecular flexibility index (Phi) is 25.9. The van der Waals surface area contributed by atoms with Gasteiger partial charge in [0.15, 0.2) is 0 Å². The van der Waals surface area contributed by atoms with Gasteiger partial charge in [0.2, 0.25) is 0 Å². The summed E-state index contributed by atoms with van der Waals surface area (Å²) in [6, 6.07) is 34.6. The second-order valence-electron chi connectivity index (χ2n) is 10.3. The van der Waals surface area contributed by atoms with Crippen LogP contribution in [0, 0.1) is 11.6 Å². The molecule has 0 amide bonds. The molecule has 0 spiro atoms. The van der Waals surface area contributed by atoms with E-state index in [1.807, 2.05) is 84.9 Å². The molecular weight excluding hydrogens is 785 g/mol. The van der Waals surface area contributed by atoms with Gasteiger partial charge >= 0.3 is 0 Å². The second-order valence-corrected chi connectivity index (χ2v) is 12.5. The molecule has 0 heterocycles. The van der Waals surface area contributed by atoms with Gasteiger partial charge in [0.1, 0.15) is 11.6 Å². The van der Waals surface area contributed by atoms with Gasteiger partial charge in [0.05, 0.1) is 33.0 Å². The van der Waals surface area contributed by atoms with Gasteiger partial charge in [-0.15, -0.1) is 0 Å².